The average Bonchev–Trinajstić information content (AvgIpc) is 2.57. The van der Waals surface area contributed by atoms with Crippen molar-refractivity contribution in [3.8, 4) is 0 Å². The maximum absolute atomic E-state index is 5.67. The van der Waals surface area contributed by atoms with Gasteiger partial charge in [0.25, 0.3) is 0 Å². The Morgan fingerprint density at radius 2 is 2.19 bits per heavy atom. The monoisotopic (exact) mass is 220 g/mol. The van der Waals surface area contributed by atoms with Crippen molar-refractivity contribution in [1.29, 1.82) is 0 Å². The van der Waals surface area contributed by atoms with E-state index in [4.69, 9.17) is 10.5 Å². The van der Waals surface area contributed by atoms with Gasteiger partial charge in [-0.2, -0.15) is 0 Å². The van der Waals surface area contributed by atoms with Crippen molar-refractivity contribution in [3.05, 3.63) is 29.3 Å². The molecule has 0 radical (unpaired) electrons. The zero-order valence-electron chi connectivity index (χ0n) is 9.91. The van der Waals surface area contributed by atoms with Crippen LogP contribution in [0.4, 0.5) is 5.69 Å². The van der Waals surface area contributed by atoms with Gasteiger partial charge in [0.05, 0.1) is 6.61 Å². The summed E-state index contributed by atoms with van der Waals surface area (Å²) in [5, 5.41) is 0. The van der Waals surface area contributed by atoms with E-state index < -0.39 is 0 Å². The second kappa shape index (κ2) is 5.32. The summed E-state index contributed by atoms with van der Waals surface area (Å²) in [5.74, 6) is 0. The molecule has 0 amide bonds. The molecule has 88 valence electrons. The normalized spacial score (nSPS) is 17.2. The van der Waals surface area contributed by atoms with Crippen LogP contribution in [0.5, 0.6) is 0 Å². The second-order valence-corrected chi connectivity index (χ2v) is 4.27. The standard InChI is InChI=1S/C13H20N2O/c1-11-9-13(4-3-12(11)10-14)15-5-2-7-16-8-6-15/h3-4,9H,2,5-8,10,14H2,1H3. The first-order valence-electron chi connectivity index (χ1n) is 5.93. The maximum atomic E-state index is 5.67. The Morgan fingerprint density at radius 1 is 1.31 bits per heavy atom. The number of hydrogen-bond acceptors (Lipinski definition) is 3. The molecule has 2 N–H and O–H groups in total. The van der Waals surface area contributed by atoms with Crippen molar-refractivity contribution in [1.82, 2.24) is 0 Å². The highest BCUT2D eigenvalue weighted by Gasteiger charge is 2.10. The number of anilines is 1. The van der Waals surface area contributed by atoms with E-state index in [1.54, 1.807) is 0 Å². The van der Waals surface area contributed by atoms with Crippen molar-refractivity contribution in [2.24, 2.45) is 5.73 Å². The fourth-order valence-electron chi connectivity index (χ4n) is 2.11. The van der Waals surface area contributed by atoms with Gasteiger partial charge in [-0.05, 0) is 36.6 Å². The zero-order valence-corrected chi connectivity index (χ0v) is 9.91. The molecular formula is C13H20N2O. The Labute approximate surface area is 97.2 Å². The van der Waals surface area contributed by atoms with E-state index in [1.165, 1.54) is 16.8 Å². The van der Waals surface area contributed by atoms with Crippen LogP contribution in [0.3, 0.4) is 0 Å². The molecule has 0 aliphatic carbocycles. The predicted molar refractivity (Wildman–Crippen MR) is 66.7 cm³/mol. The number of rotatable bonds is 2. The summed E-state index contributed by atoms with van der Waals surface area (Å²) >= 11 is 0. The fourth-order valence-corrected chi connectivity index (χ4v) is 2.11. The molecule has 1 heterocycles. The van der Waals surface area contributed by atoms with Crippen LogP contribution in [0.15, 0.2) is 18.2 Å². The molecule has 1 fully saturated rings. The van der Waals surface area contributed by atoms with E-state index in [2.05, 4.69) is 30.0 Å². The van der Waals surface area contributed by atoms with Gasteiger partial charge in [0.2, 0.25) is 0 Å². The topological polar surface area (TPSA) is 38.5 Å². The number of ether oxygens (including phenoxy) is 1. The van der Waals surface area contributed by atoms with Crippen LogP contribution in [0.1, 0.15) is 17.5 Å². The van der Waals surface area contributed by atoms with Gasteiger partial charge >= 0.3 is 0 Å². The van der Waals surface area contributed by atoms with Crippen LogP contribution >= 0.6 is 0 Å². The molecule has 16 heavy (non-hydrogen) atoms. The summed E-state index contributed by atoms with van der Waals surface area (Å²) in [7, 11) is 0. The first-order valence-corrected chi connectivity index (χ1v) is 5.93. The van der Waals surface area contributed by atoms with Crippen molar-refractivity contribution in [2.75, 3.05) is 31.2 Å². The molecule has 1 saturated heterocycles. The van der Waals surface area contributed by atoms with Gasteiger partial charge in [0, 0.05) is 31.9 Å². The van der Waals surface area contributed by atoms with Crippen LogP contribution in [-0.4, -0.2) is 26.3 Å². The summed E-state index contributed by atoms with van der Waals surface area (Å²) in [6.45, 7) is 6.53. The van der Waals surface area contributed by atoms with Crippen LogP contribution in [0, 0.1) is 6.92 Å². The van der Waals surface area contributed by atoms with Gasteiger partial charge in [-0.1, -0.05) is 6.07 Å². The smallest absolute Gasteiger partial charge is 0.0641 e. The highest BCUT2D eigenvalue weighted by Crippen LogP contribution is 2.20. The molecule has 1 aromatic carbocycles. The predicted octanol–water partition coefficient (Wildman–Crippen LogP) is 1.68. The van der Waals surface area contributed by atoms with Crippen LogP contribution in [0.25, 0.3) is 0 Å². The first-order chi connectivity index (χ1) is 7.81. The Balaban J connectivity index is 2.16. The third kappa shape index (κ3) is 2.54. The lowest BCUT2D eigenvalue weighted by Crippen LogP contribution is -2.25. The SMILES string of the molecule is Cc1cc(N2CCCOCC2)ccc1CN. The third-order valence-corrected chi connectivity index (χ3v) is 3.13. The number of hydrogen-bond donors (Lipinski definition) is 1. The lowest BCUT2D eigenvalue weighted by Gasteiger charge is -2.23. The lowest BCUT2D eigenvalue weighted by molar-refractivity contribution is 0.152. The van der Waals surface area contributed by atoms with Gasteiger partial charge in [-0.15, -0.1) is 0 Å². The Hall–Kier alpha value is -1.06. The van der Waals surface area contributed by atoms with Crippen LogP contribution < -0.4 is 10.6 Å². The van der Waals surface area contributed by atoms with Crippen LogP contribution in [0.2, 0.25) is 0 Å². The molecule has 0 saturated carbocycles. The average molecular weight is 220 g/mol. The quantitative estimate of drug-likeness (QED) is 0.824. The molecule has 0 aromatic heterocycles. The van der Waals surface area contributed by atoms with E-state index in [-0.39, 0.29) is 0 Å². The molecule has 3 nitrogen and oxygen atoms in total. The fraction of sp³-hybridized carbons (Fsp3) is 0.538. The van der Waals surface area contributed by atoms with Gasteiger partial charge in [-0.25, -0.2) is 0 Å². The Bertz CT molecular complexity index is 344. The molecule has 0 bridgehead atoms. The summed E-state index contributed by atoms with van der Waals surface area (Å²) in [5.41, 5.74) is 9.48. The van der Waals surface area contributed by atoms with E-state index in [1.807, 2.05) is 0 Å². The van der Waals surface area contributed by atoms with E-state index in [0.29, 0.717) is 6.54 Å². The van der Waals surface area contributed by atoms with Crippen molar-refractivity contribution < 1.29 is 4.74 Å². The summed E-state index contributed by atoms with van der Waals surface area (Å²) in [6.07, 6.45) is 1.11. The van der Waals surface area contributed by atoms with E-state index >= 15 is 0 Å². The number of nitrogens with zero attached hydrogens (tertiary/aromatic N) is 1. The molecule has 1 aromatic rings. The molecule has 0 atom stereocenters. The maximum Gasteiger partial charge on any atom is 0.0641 e. The van der Waals surface area contributed by atoms with E-state index in [0.717, 1.165) is 32.7 Å². The van der Waals surface area contributed by atoms with Crippen LogP contribution in [-0.2, 0) is 11.3 Å². The summed E-state index contributed by atoms with van der Waals surface area (Å²) in [6, 6.07) is 6.53. The summed E-state index contributed by atoms with van der Waals surface area (Å²) < 4.78 is 5.46. The van der Waals surface area contributed by atoms with Gasteiger partial charge in [-0.3, -0.25) is 0 Å². The lowest BCUT2D eigenvalue weighted by atomic mass is 10.1. The minimum Gasteiger partial charge on any atom is -0.380 e. The molecule has 1 aliphatic heterocycles. The van der Waals surface area contributed by atoms with Crippen molar-refractivity contribution >= 4 is 5.69 Å². The Morgan fingerprint density at radius 3 is 2.94 bits per heavy atom. The van der Waals surface area contributed by atoms with Gasteiger partial charge < -0.3 is 15.4 Å². The summed E-state index contributed by atoms with van der Waals surface area (Å²) in [4.78, 5) is 2.39. The number of aryl methyl sites for hydroxylation is 1. The van der Waals surface area contributed by atoms with Gasteiger partial charge in [0.15, 0.2) is 0 Å². The van der Waals surface area contributed by atoms with Gasteiger partial charge in [0.1, 0.15) is 0 Å². The minimum atomic E-state index is 0.620. The zero-order chi connectivity index (χ0) is 11.4. The molecule has 0 spiro atoms. The molecule has 3 heteroatoms. The third-order valence-electron chi connectivity index (χ3n) is 3.13. The minimum absolute atomic E-state index is 0.620. The molecular weight excluding hydrogens is 200 g/mol. The highest BCUT2D eigenvalue weighted by atomic mass is 16.5. The van der Waals surface area contributed by atoms with E-state index in [9.17, 15) is 0 Å². The van der Waals surface area contributed by atoms with Crippen molar-refractivity contribution in [3.63, 3.8) is 0 Å². The molecule has 0 unspecified atom stereocenters. The molecule has 2 rings (SSSR count). The first kappa shape index (κ1) is 11.4. The van der Waals surface area contributed by atoms with Crippen molar-refractivity contribution in [2.45, 2.75) is 19.9 Å². The second-order valence-electron chi connectivity index (χ2n) is 4.27. The number of nitrogens with two attached hydrogens (primary N) is 1. The Kier molecular flexibility index (Phi) is 3.80. The largest absolute Gasteiger partial charge is 0.380 e. The number of benzene rings is 1. The molecule has 1 aliphatic rings. The highest BCUT2D eigenvalue weighted by molar-refractivity contribution is 5.50.